The second kappa shape index (κ2) is 5.97. The molecular formula is C14H8BrF3N2. The summed E-state index contributed by atoms with van der Waals surface area (Å²) in [7, 11) is 0. The number of benzene rings is 2. The molecule has 2 aromatic carbocycles. The molecule has 0 saturated carbocycles. The third-order valence-corrected chi connectivity index (χ3v) is 3.15. The molecule has 2 aromatic rings. The third kappa shape index (κ3) is 3.11. The quantitative estimate of drug-likeness (QED) is 0.901. The van der Waals surface area contributed by atoms with Crippen molar-refractivity contribution in [1.82, 2.24) is 0 Å². The van der Waals surface area contributed by atoms with Gasteiger partial charge in [0.25, 0.3) is 0 Å². The van der Waals surface area contributed by atoms with Crippen LogP contribution < -0.4 is 5.32 Å². The summed E-state index contributed by atoms with van der Waals surface area (Å²) in [5.41, 5.74) is -0.219. The summed E-state index contributed by atoms with van der Waals surface area (Å²) >= 11 is 3.18. The Morgan fingerprint density at radius 3 is 2.30 bits per heavy atom. The van der Waals surface area contributed by atoms with Gasteiger partial charge in [-0.3, -0.25) is 0 Å². The van der Waals surface area contributed by atoms with Gasteiger partial charge in [-0.25, -0.2) is 13.2 Å². The Hall–Kier alpha value is -2.00. The molecule has 0 fully saturated rings. The average molecular weight is 341 g/mol. The van der Waals surface area contributed by atoms with E-state index in [0.29, 0.717) is 4.47 Å². The molecule has 0 aliphatic rings. The van der Waals surface area contributed by atoms with Gasteiger partial charge in [0.15, 0.2) is 0 Å². The van der Waals surface area contributed by atoms with Crippen LogP contribution in [0.5, 0.6) is 0 Å². The van der Waals surface area contributed by atoms with Crippen molar-refractivity contribution in [3.05, 3.63) is 63.4 Å². The van der Waals surface area contributed by atoms with E-state index >= 15 is 0 Å². The molecule has 0 aliphatic heterocycles. The van der Waals surface area contributed by atoms with Gasteiger partial charge in [0, 0.05) is 16.6 Å². The number of hydrogen-bond acceptors (Lipinski definition) is 2. The zero-order valence-corrected chi connectivity index (χ0v) is 11.6. The lowest BCUT2D eigenvalue weighted by Gasteiger charge is -2.10. The summed E-state index contributed by atoms with van der Waals surface area (Å²) in [4.78, 5) is 0. The number of nitrogens with one attached hydrogen (secondary N) is 1. The standard InChI is InChI=1S/C14H8BrF3N2/c15-9-1-2-11(16)14(5-9)20-7-10-12(17)3-8(6-19)4-13(10)18/h1-5,20H,7H2. The van der Waals surface area contributed by atoms with Crippen molar-refractivity contribution in [3.63, 3.8) is 0 Å². The van der Waals surface area contributed by atoms with Crippen molar-refractivity contribution in [1.29, 1.82) is 5.26 Å². The van der Waals surface area contributed by atoms with E-state index in [4.69, 9.17) is 5.26 Å². The van der Waals surface area contributed by atoms with Gasteiger partial charge in [-0.15, -0.1) is 0 Å². The summed E-state index contributed by atoms with van der Waals surface area (Å²) in [5.74, 6) is -2.21. The smallest absolute Gasteiger partial charge is 0.146 e. The highest BCUT2D eigenvalue weighted by atomic mass is 79.9. The molecule has 1 N–H and O–H groups in total. The maximum Gasteiger partial charge on any atom is 0.146 e. The monoisotopic (exact) mass is 340 g/mol. The molecule has 0 radical (unpaired) electrons. The Bertz CT molecular complexity index is 672. The van der Waals surface area contributed by atoms with Crippen LogP contribution in [0.2, 0.25) is 0 Å². The summed E-state index contributed by atoms with van der Waals surface area (Å²) in [6.07, 6.45) is 0. The fourth-order valence-electron chi connectivity index (χ4n) is 1.65. The minimum absolute atomic E-state index is 0.0996. The molecule has 102 valence electrons. The number of nitriles is 1. The lowest BCUT2D eigenvalue weighted by atomic mass is 10.1. The van der Waals surface area contributed by atoms with Crippen molar-refractivity contribution < 1.29 is 13.2 Å². The van der Waals surface area contributed by atoms with Gasteiger partial charge in [-0.05, 0) is 30.3 Å². The van der Waals surface area contributed by atoms with Crippen LogP contribution in [0.1, 0.15) is 11.1 Å². The van der Waals surface area contributed by atoms with E-state index in [0.717, 1.165) is 12.1 Å². The summed E-state index contributed by atoms with van der Waals surface area (Å²) in [5, 5.41) is 11.2. The average Bonchev–Trinajstić information content (AvgIpc) is 2.41. The highest BCUT2D eigenvalue weighted by Gasteiger charge is 2.12. The molecule has 2 rings (SSSR count). The Morgan fingerprint density at radius 2 is 1.70 bits per heavy atom. The molecule has 0 unspecified atom stereocenters. The van der Waals surface area contributed by atoms with Gasteiger partial charge >= 0.3 is 0 Å². The van der Waals surface area contributed by atoms with Gasteiger partial charge < -0.3 is 5.32 Å². The molecule has 0 saturated heterocycles. The van der Waals surface area contributed by atoms with Crippen LogP contribution in [-0.4, -0.2) is 0 Å². The van der Waals surface area contributed by atoms with Crippen molar-refractivity contribution >= 4 is 21.6 Å². The second-order valence-corrected chi connectivity index (χ2v) is 4.92. The predicted molar refractivity (Wildman–Crippen MR) is 72.5 cm³/mol. The van der Waals surface area contributed by atoms with Gasteiger partial charge in [0.1, 0.15) is 17.5 Å². The maximum absolute atomic E-state index is 13.6. The van der Waals surface area contributed by atoms with E-state index in [1.807, 2.05) is 0 Å². The molecule has 0 atom stereocenters. The highest BCUT2D eigenvalue weighted by molar-refractivity contribution is 9.10. The Labute approximate surface area is 122 Å². The first kappa shape index (κ1) is 14.4. The van der Waals surface area contributed by atoms with Crippen LogP contribution in [0.25, 0.3) is 0 Å². The fraction of sp³-hybridized carbons (Fsp3) is 0.0714. The molecular weight excluding hydrogens is 333 g/mol. The van der Waals surface area contributed by atoms with Crippen molar-refractivity contribution in [3.8, 4) is 6.07 Å². The van der Waals surface area contributed by atoms with Gasteiger partial charge in [-0.1, -0.05) is 15.9 Å². The first-order chi connectivity index (χ1) is 9.51. The Balaban J connectivity index is 2.23. The van der Waals surface area contributed by atoms with Crippen molar-refractivity contribution in [2.24, 2.45) is 0 Å². The van der Waals surface area contributed by atoms with E-state index in [1.165, 1.54) is 18.2 Å². The Kier molecular flexibility index (Phi) is 4.30. The molecule has 0 bridgehead atoms. The summed E-state index contributed by atoms with van der Waals surface area (Å²) in [6.45, 7) is -0.225. The van der Waals surface area contributed by atoms with Gasteiger partial charge in [0.05, 0.1) is 17.3 Å². The first-order valence-electron chi connectivity index (χ1n) is 5.58. The van der Waals surface area contributed by atoms with Crippen LogP contribution in [0.3, 0.4) is 0 Å². The van der Waals surface area contributed by atoms with Crippen LogP contribution in [-0.2, 0) is 6.54 Å². The fourth-order valence-corrected chi connectivity index (χ4v) is 2.01. The normalized spacial score (nSPS) is 10.2. The zero-order valence-electron chi connectivity index (χ0n) is 10.1. The van der Waals surface area contributed by atoms with E-state index in [2.05, 4.69) is 21.2 Å². The minimum Gasteiger partial charge on any atom is -0.378 e. The summed E-state index contributed by atoms with van der Waals surface area (Å²) < 4.78 is 41.4. The van der Waals surface area contributed by atoms with Gasteiger partial charge in [0.2, 0.25) is 0 Å². The molecule has 0 aliphatic carbocycles. The predicted octanol–water partition coefficient (Wildman–Crippen LogP) is 4.35. The molecule has 0 aromatic heterocycles. The maximum atomic E-state index is 13.6. The second-order valence-electron chi connectivity index (χ2n) is 4.01. The molecule has 0 spiro atoms. The lowest BCUT2D eigenvalue weighted by molar-refractivity contribution is 0.558. The van der Waals surface area contributed by atoms with Gasteiger partial charge in [-0.2, -0.15) is 5.26 Å². The van der Waals surface area contributed by atoms with E-state index in [9.17, 15) is 13.2 Å². The number of anilines is 1. The van der Waals surface area contributed by atoms with Crippen molar-refractivity contribution in [2.45, 2.75) is 6.54 Å². The topological polar surface area (TPSA) is 35.8 Å². The Morgan fingerprint density at radius 1 is 1.05 bits per heavy atom. The SMILES string of the molecule is N#Cc1cc(F)c(CNc2cc(Br)ccc2F)c(F)c1. The molecule has 6 heteroatoms. The highest BCUT2D eigenvalue weighted by Crippen LogP contribution is 2.22. The molecule has 0 heterocycles. The minimum atomic E-state index is -0.843. The van der Waals surface area contributed by atoms with Crippen LogP contribution in [0.15, 0.2) is 34.8 Å². The van der Waals surface area contributed by atoms with E-state index in [1.54, 1.807) is 6.07 Å². The van der Waals surface area contributed by atoms with E-state index in [-0.39, 0.29) is 23.4 Å². The molecule has 0 amide bonds. The largest absolute Gasteiger partial charge is 0.378 e. The van der Waals surface area contributed by atoms with Crippen molar-refractivity contribution in [2.75, 3.05) is 5.32 Å². The molecule has 2 nitrogen and oxygen atoms in total. The number of hydrogen-bond donors (Lipinski definition) is 1. The zero-order chi connectivity index (χ0) is 14.7. The van der Waals surface area contributed by atoms with Crippen LogP contribution >= 0.6 is 15.9 Å². The van der Waals surface area contributed by atoms with E-state index < -0.39 is 17.5 Å². The number of halogens is 4. The lowest BCUT2D eigenvalue weighted by Crippen LogP contribution is -2.06. The third-order valence-electron chi connectivity index (χ3n) is 2.65. The number of rotatable bonds is 3. The number of nitrogens with zero attached hydrogens (tertiary/aromatic N) is 1. The summed E-state index contributed by atoms with van der Waals surface area (Å²) in [6, 6.07) is 7.76. The van der Waals surface area contributed by atoms with Crippen LogP contribution in [0, 0.1) is 28.8 Å². The van der Waals surface area contributed by atoms with Crippen LogP contribution in [0.4, 0.5) is 18.9 Å². The first-order valence-corrected chi connectivity index (χ1v) is 6.37. The molecule has 20 heavy (non-hydrogen) atoms.